The number of rotatable bonds is 10. The van der Waals surface area contributed by atoms with Gasteiger partial charge in [0.1, 0.15) is 17.1 Å². The standard InChI is InChI=1S/C20H18N8O8S2/c21-14(31)8-1-3-27(4-2-8)5-9-7-37-18-12(17(33)28(18)13(9)19(34)35)23-16(32)11(25-36-6-10(29)30)15-24-20(22)38-26-15/h1-4,12,18H,5-7H2,(H6-,21,22,23,24,26,29,30,31,32,34,35)/p+1/t12?,18-/m1/s1. The van der Waals surface area contributed by atoms with Crippen LogP contribution in [0, 0.1) is 0 Å². The number of nitrogens with one attached hydrogen (secondary N) is 1. The number of nitrogens with two attached hydrogens (primary N) is 2. The van der Waals surface area contributed by atoms with Crippen LogP contribution in [0.2, 0.25) is 0 Å². The Labute approximate surface area is 221 Å². The number of aromatic nitrogens is 3. The Hall–Kier alpha value is -4.58. The molecule has 2 aliphatic rings. The van der Waals surface area contributed by atoms with E-state index in [2.05, 4.69) is 24.7 Å². The van der Waals surface area contributed by atoms with Crippen LogP contribution in [0.5, 0.6) is 0 Å². The number of hydrogen-bond donors (Lipinski definition) is 5. The van der Waals surface area contributed by atoms with Crippen LogP contribution in [-0.4, -0.2) is 83.6 Å². The molecule has 0 aliphatic carbocycles. The lowest BCUT2D eigenvalue weighted by Crippen LogP contribution is -2.71. The zero-order valence-electron chi connectivity index (χ0n) is 19.1. The number of anilines is 1. The van der Waals surface area contributed by atoms with Crippen LogP contribution in [0.4, 0.5) is 5.13 Å². The number of carbonyl (C=O) groups is 5. The summed E-state index contributed by atoms with van der Waals surface area (Å²) in [6.07, 6.45) is 3.13. The molecule has 16 nitrogen and oxygen atoms in total. The summed E-state index contributed by atoms with van der Waals surface area (Å²) in [4.78, 5) is 69.6. The number of β-lactam (4-membered cyclic amide) rings is 1. The third-order valence-corrected chi connectivity index (χ3v) is 7.18. The molecular formula is C20H19N8O8S2+. The van der Waals surface area contributed by atoms with E-state index in [1.54, 1.807) is 17.0 Å². The third kappa shape index (κ3) is 5.39. The predicted molar refractivity (Wildman–Crippen MR) is 129 cm³/mol. The number of pyridine rings is 1. The molecule has 38 heavy (non-hydrogen) atoms. The molecule has 4 rings (SSSR count). The molecule has 0 saturated carbocycles. The lowest BCUT2D eigenvalue weighted by Gasteiger charge is -2.49. The van der Waals surface area contributed by atoms with E-state index in [9.17, 15) is 29.1 Å². The molecule has 0 spiro atoms. The van der Waals surface area contributed by atoms with Crippen LogP contribution in [-0.2, 0) is 30.6 Å². The van der Waals surface area contributed by atoms with Crippen LogP contribution in [0.1, 0.15) is 16.2 Å². The minimum absolute atomic E-state index is 0.0124. The Kier molecular flexibility index (Phi) is 7.53. The maximum atomic E-state index is 13.0. The van der Waals surface area contributed by atoms with E-state index >= 15 is 0 Å². The second-order valence-corrected chi connectivity index (χ2v) is 9.69. The number of amides is 3. The number of carboxylic acid groups (broad SMARTS) is 2. The van der Waals surface area contributed by atoms with Gasteiger partial charge in [0.05, 0.1) is 5.56 Å². The number of carbonyl (C=O) groups excluding carboxylic acids is 3. The molecule has 2 aromatic heterocycles. The predicted octanol–water partition coefficient (Wildman–Crippen LogP) is -2.25. The van der Waals surface area contributed by atoms with E-state index in [1.165, 1.54) is 23.9 Å². The smallest absolute Gasteiger partial charge is 0.352 e. The Morgan fingerprint density at radius 1 is 1.26 bits per heavy atom. The molecule has 0 radical (unpaired) electrons. The molecule has 18 heteroatoms. The van der Waals surface area contributed by atoms with Gasteiger partial charge in [-0.1, -0.05) is 5.16 Å². The summed E-state index contributed by atoms with van der Waals surface area (Å²) in [6.45, 7) is -0.709. The summed E-state index contributed by atoms with van der Waals surface area (Å²) < 4.78 is 5.50. The van der Waals surface area contributed by atoms with E-state index in [0.29, 0.717) is 5.57 Å². The van der Waals surface area contributed by atoms with Crippen molar-refractivity contribution in [2.24, 2.45) is 10.9 Å². The largest absolute Gasteiger partial charge is 0.479 e. The van der Waals surface area contributed by atoms with Gasteiger partial charge in [0.15, 0.2) is 24.1 Å². The summed E-state index contributed by atoms with van der Waals surface area (Å²) in [5.41, 5.74) is 10.8. The molecule has 2 atom stereocenters. The number of thioether (sulfide) groups is 1. The summed E-state index contributed by atoms with van der Waals surface area (Å²) in [6, 6.07) is 1.88. The summed E-state index contributed by atoms with van der Waals surface area (Å²) in [5.74, 6) is -4.87. The molecule has 7 N–H and O–H groups in total. The zero-order chi connectivity index (χ0) is 27.6. The molecule has 2 aliphatic heterocycles. The van der Waals surface area contributed by atoms with Gasteiger partial charge in [-0.25, -0.2) is 14.2 Å². The van der Waals surface area contributed by atoms with Gasteiger partial charge in [-0.3, -0.25) is 19.3 Å². The fourth-order valence-electron chi connectivity index (χ4n) is 3.63. The molecule has 2 aromatic rings. The molecule has 198 valence electrons. The molecule has 1 saturated heterocycles. The molecule has 1 fully saturated rings. The van der Waals surface area contributed by atoms with Crippen molar-refractivity contribution in [1.29, 1.82) is 0 Å². The average Bonchev–Trinajstić information content (AvgIpc) is 3.30. The van der Waals surface area contributed by atoms with Crippen molar-refractivity contribution >= 4 is 63.8 Å². The van der Waals surface area contributed by atoms with Gasteiger partial charge in [-0.15, -0.1) is 11.8 Å². The van der Waals surface area contributed by atoms with Gasteiger partial charge in [0.2, 0.25) is 24.1 Å². The molecule has 4 heterocycles. The van der Waals surface area contributed by atoms with Gasteiger partial charge in [-0.05, 0) is 0 Å². The van der Waals surface area contributed by atoms with Crippen molar-refractivity contribution in [2.45, 2.75) is 18.0 Å². The first kappa shape index (κ1) is 26.5. The number of nitrogens with zero attached hydrogens (tertiary/aromatic N) is 5. The first-order valence-electron chi connectivity index (χ1n) is 10.6. The lowest BCUT2D eigenvalue weighted by molar-refractivity contribution is -0.689. The topological polar surface area (TPSA) is 244 Å². The van der Waals surface area contributed by atoms with Gasteiger partial charge in [-0.2, -0.15) is 9.36 Å². The highest BCUT2D eigenvalue weighted by atomic mass is 32.2. The monoisotopic (exact) mass is 563 g/mol. The Bertz CT molecular complexity index is 1390. The first-order valence-corrected chi connectivity index (χ1v) is 12.4. The summed E-state index contributed by atoms with van der Waals surface area (Å²) >= 11 is 2.00. The van der Waals surface area contributed by atoms with Gasteiger partial charge in [0, 0.05) is 35.0 Å². The fourth-order valence-corrected chi connectivity index (χ4v) is 5.40. The summed E-state index contributed by atoms with van der Waals surface area (Å²) in [5, 5.41) is 23.8. The number of hydrogen-bond acceptors (Lipinski definition) is 12. The molecule has 0 bridgehead atoms. The van der Waals surface area contributed by atoms with Crippen LogP contribution in [0.15, 0.2) is 41.0 Å². The van der Waals surface area contributed by atoms with Crippen molar-refractivity contribution in [3.63, 3.8) is 0 Å². The minimum Gasteiger partial charge on any atom is -0.479 e. The zero-order valence-corrected chi connectivity index (χ0v) is 20.8. The SMILES string of the molecule is NC(=O)c1cc[n+](CC2=C(C(=O)O)N3C(=O)C(NC(=O)C(=NOCC(=O)O)c4nsc(N)n4)[C@H]3SC2)cc1. The van der Waals surface area contributed by atoms with E-state index in [1.807, 2.05) is 0 Å². The quantitative estimate of drug-likeness (QED) is 0.0891. The van der Waals surface area contributed by atoms with Crippen molar-refractivity contribution in [3.8, 4) is 0 Å². The summed E-state index contributed by atoms with van der Waals surface area (Å²) in [7, 11) is 0. The molecular weight excluding hydrogens is 544 g/mol. The maximum Gasteiger partial charge on any atom is 0.352 e. The fraction of sp³-hybridized carbons (Fsp3) is 0.250. The first-order chi connectivity index (χ1) is 18.1. The van der Waals surface area contributed by atoms with Crippen molar-refractivity contribution < 1.29 is 43.6 Å². The van der Waals surface area contributed by atoms with Crippen molar-refractivity contribution in [1.82, 2.24) is 19.6 Å². The van der Waals surface area contributed by atoms with Gasteiger partial charge >= 0.3 is 11.9 Å². The number of nitrogen functional groups attached to an aromatic ring is 1. The molecule has 3 amide bonds. The third-order valence-electron chi connectivity index (χ3n) is 5.30. The van der Waals surface area contributed by atoms with Gasteiger partial charge in [0.25, 0.3) is 11.8 Å². The maximum absolute atomic E-state index is 13.0. The normalized spacial score (nSPS) is 18.9. The molecule has 0 aromatic carbocycles. The lowest BCUT2D eigenvalue weighted by atomic mass is 10.0. The van der Waals surface area contributed by atoms with E-state index in [0.717, 1.165) is 16.4 Å². The molecule has 1 unspecified atom stereocenters. The average molecular weight is 564 g/mol. The second-order valence-electron chi connectivity index (χ2n) is 7.80. The van der Waals surface area contributed by atoms with E-state index < -0.39 is 53.4 Å². The van der Waals surface area contributed by atoms with E-state index in [-0.39, 0.29) is 34.5 Å². The van der Waals surface area contributed by atoms with E-state index in [4.69, 9.17) is 16.6 Å². The Balaban J connectivity index is 1.52. The highest BCUT2D eigenvalue weighted by molar-refractivity contribution is 8.00. The number of fused-ring (bicyclic) bond motifs is 1. The number of primary amides is 1. The van der Waals surface area contributed by atoms with Crippen molar-refractivity contribution in [2.75, 3.05) is 18.1 Å². The van der Waals surface area contributed by atoms with Crippen LogP contribution >= 0.6 is 23.3 Å². The second kappa shape index (κ2) is 10.8. The van der Waals surface area contributed by atoms with Gasteiger partial charge < -0.3 is 31.8 Å². The van der Waals surface area contributed by atoms with Crippen LogP contribution in [0.3, 0.4) is 0 Å². The van der Waals surface area contributed by atoms with Crippen LogP contribution in [0.25, 0.3) is 0 Å². The highest BCUT2D eigenvalue weighted by Gasteiger charge is 2.54. The number of oxime groups is 1. The van der Waals surface area contributed by atoms with Crippen LogP contribution < -0.4 is 21.4 Å². The highest BCUT2D eigenvalue weighted by Crippen LogP contribution is 2.40. The number of aliphatic carboxylic acids is 2. The Morgan fingerprint density at radius 2 is 1.97 bits per heavy atom. The minimum atomic E-state index is -1.34. The number of carboxylic acids is 2. The Morgan fingerprint density at radius 3 is 2.55 bits per heavy atom. The van der Waals surface area contributed by atoms with Crippen molar-refractivity contribution in [3.05, 3.63) is 47.2 Å².